The number of nitrogens with zero attached hydrogens (tertiary/aromatic N) is 3. The Kier molecular flexibility index (Phi) is 6.31. The lowest BCUT2D eigenvalue weighted by Gasteiger charge is -2.11. The topological polar surface area (TPSA) is 50.2 Å². The standard InChI is InChI=1S/C19H27FN4O/c1-13(2)11-17-18(19(25)21-9-10-23(4)5)14(3)24(22-17)16-8-6-7-15(20)12-16/h6-8,12-13H,9-11H2,1-5H3,(H,21,25). The molecule has 5 nitrogen and oxygen atoms in total. The molecule has 1 amide bonds. The molecule has 1 heterocycles. The largest absolute Gasteiger partial charge is 0.351 e. The van der Waals surface area contributed by atoms with Crippen molar-refractivity contribution in [2.24, 2.45) is 5.92 Å². The highest BCUT2D eigenvalue weighted by molar-refractivity contribution is 5.96. The summed E-state index contributed by atoms with van der Waals surface area (Å²) in [6.07, 6.45) is 0.694. The minimum absolute atomic E-state index is 0.127. The van der Waals surface area contributed by atoms with Gasteiger partial charge in [0.25, 0.3) is 5.91 Å². The van der Waals surface area contributed by atoms with Crippen molar-refractivity contribution < 1.29 is 9.18 Å². The van der Waals surface area contributed by atoms with Gasteiger partial charge in [0, 0.05) is 13.1 Å². The van der Waals surface area contributed by atoms with Gasteiger partial charge in [-0.15, -0.1) is 0 Å². The number of halogens is 1. The van der Waals surface area contributed by atoms with Crippen LogP contribution in [-0.2, 0) is 6.42 Å². The molecule has 25 heavy (non-hydrogen) atoms. The Morgan fingerprint density at radius 2 is 2.08 bits per heavy atom. The van der Waals surface area contributed by atoms with Gasteiger partial charge < -0.3 is 10.2 Å². The summed E-state index contributed by atoms with van der Waals surface area (Å²) in [5.74, 6) is -0.0870. The minimum atomic E-state index is -0.324. The molecule has 2 rings (SSSR count). The fraction of sp³-hybridized carbons (Fsp3) is 0.474. The molecule has 6 heteroatoms. The van der Waals surface area contributed by atoms with Crippen molar-refractivity contribution in [3.8, 4) is 5.69 Å². The Labute approximate surface area is 148 Å². The number of rotatable bonds is 7. The molecule has 0 saturated carbocycles. The number of hydrogen-bond acceptors (Lipinski definition) is 3. The quantitative estimate of drug-likeness (QED) is 0.839. The fourth-order valence-corrected chi connectivity index (χ4v) is 2.73. The van der Waals surface area contributed by atoms with Crippen molar-refractivity contribution in [3.05, 3.63) is 47.0 Å². The summed E-state index contributed by atoms with van der Waals surface area (Å²) < 4.78 is 15.2. The van der Waals surface area contributed by atoms with Crippen LogP contribution in [-0.4, -0.2) is 47.8 Å². The summed E-state index contributed by atoms with van der Waals surface area (Å²) in [6, 6.07) is 6.25. The first-order valence-corrected chi connectivity index (χ1v) is 8.57. The molecule has 1 N–H and O–H groups in total. The van der Waals surface area contributed by atoms with Crippen LogP contribution >= 0.6 is 0 Å². The van der Waals surface area contributed by atoms with Crippen molar-refractivity contribution in [1.82, 2.24) is 20.0 Å². The molecule has 0 unspecified atom stereocenters. The van der Waals surface area contributed by atoms with E-state index in [1.807, 2.05) is 25.9 Å². The maximum absolute atomic E-state index is 13.6. The molecule has 0 saturated heterocycles. The number of hydrogen-bond donors (Lipinski definition) is 1. The molecular formula is C19H27FN4O. The normalized spacial score (nSPS) is 11.4. The SMILES string of the molecule is Cc1c(C(=O)NCCN(C)C)c(CC(C)C)nn1-c1cccc(F)c1. The summed E-state index contributed by atoms with van der Waals surface area (Å²) in [5, 5.41) is 7.56. The highest BCUT2D eigenvalue weighted by atomic mass is 19.1. The number of aromatic nitrogens is 2. The zero-order valence-corrected chi connectivity index (χ0v) is 15.6. The average molecular weight is 346 g/mol. The maximum Gasteiger partial charge on any atom is 0.255 e. The Bertz CT molecular complexity index is 737. The number of nitrogens with one attached hydrogen (secondary N) is 1. The number of benzene rings is 1. The molecule has 0 spiro atoms. The first-order valence-electron chi connectivity index (χ1n) is 8.57. The van der Waals surface area contributed by atoms with Crippen molar-refractivity contribution in [1.29, 1.82) is 0 Å². The predicted octanol–water partition coefficient (Wildman–Crippen LogP) is 2.81. The molecule has 2 aromatic rings. The average Bonchev–Trinajstić information content (AvgIpc) is 2.82. The van der Waals surface area contributed by atoms with E-state index in [4.69, 9.17) is 0 Å². The number of amides is 1. The van der Waals surface area contributed by atoms with Gasteiger partial charge in [0.05, 0.1) is 22.6 Å². The van der Waals surface area contributed by atoms with E-state index in [1.165, 1.54) is 12.1 Å². The monoisotopic (exact) mass is 346 g/mol. The molecular weight excluding hydrogens is 319 g/mol. The first-order chi connectivity index (χ1) is 11.8. The van der Waals surface area contributed by atoms with E-state index in [1.54, 1.807) is 16.8 Å². The van der Waals surface area contributed by atoms with Gasteiger partial charge in [-0.2, -0.15) is 5.10 Å². The molecule has 0 atom stereocenters. The van der Waals surface area contributed by atoms with Crippen LogP contribution in [0.3, 0.4) is 0 Å². The summed E-state index contributed by atoms with van der Waals surface area (Å²) >= 11 is 0. The summed E-state index contributed by atoms with van der Waals surface area (Å²) in [7, 11) is 3.92. The van der Waals surface area contributed by atoms with Gasteiger partial charge in [0.1, 0.15) is 5.82 Å². The molecule has 1 aromatic heterocycles. The van der Waals surface area contributed by atoms with Crippen LogP contribution < -0.4 is 5.32 Å². The second kappa shape index (κ2) is 8.25. The molecule has 1 aromatic carbocycles. The fourth-order valence-electron chi connectivity index (χ4n) is 2.73. The van der Waals surface area contributed by atoms with Crippen LogP contribution in [0.5, 0.6) is 0 Å². The van der Waals surface area contributed by atoms with E-state index < -0.39 is 0 Å². The molecule has 136 valence electrons. The zero-order valence-electron chi connectivity index (χ0n) is 15.6. The lowest BCUT2D eigenvalue weighted by atomic mass is 10.0. The summed E-state index contributed by atoms with van der Waals surface area (Å²) in [6.45, 7) is 7.36. The van der Waals surface area contributed by atoms with E-state index in [9.17, 15) is 9.18 Å². The van der Waals surface area contributed by atoms with Gasteiger partial charge >= 0.3 is 0 Å². The van der Waals surface area contributed by atoms with Gasteiger partial charge in [-0.25, -0.2) is 9.07 Å². The van der Waals surface area contributed by atoms with Crippen molar-refractivity contribution in [2.45, 2.75) is 27.2 Å². The molecule has 0 aliphatic carbocycles. The van der Waals surface area contributed by atoms with Crippen LogP contribution in [0.15, 0.2) is 24.3 Å². The predicted molar refractivity (Wildman–Crippen MR) is 97.7 cm³/mol. The minimum Gasteiger partial charge on any atom is -0.351 e. The van der Waals surface area contributed by atoms with Crippen LogP contribution in [0.1, 0.15) is 35.6 Å². The molecule has 0 bridgehead atoms. The van der Waals surface area contributed by atoms with Crippen LogP contribution in [0.4, 0.5) is 4.39 Å². The van der Waals surface area contributed by atoms with Gasteiger partial charge in [0.2, 0.25) is 0 Å². The van der Waals surface area contributed by atoms with Gasteiger partial charge in [-0.05, 0) is 51.6 Å². The van der Waals surface area contributed by atoms with Crippen molar-refractivity contribution >= 4 is 5.91 Å². The molecule has 0 radical (unpaired) electrons. The summed E-state index contributed by atoms with van der Waals surface area (Å²) in [4.78, 5) is 14.7. The zero-order chi connectivity index (χ0) is 18.6. The van der Waals surface area contributed by atoms with Crippen LogP contribution in [0.2, 0.25) is 0 Å². The third-order valence-electron chi connectivity index (χ3n) is 3.91. The molecule has 0 fully saturated rings. The van der Waals surface area contributed by atoms with Crippen molar-refractivity contribution in [2.75, 3.05) is 27.2 Å². The molecule has 0 aliphatic rings. The van der Waals surface area contributed by atoms with Gasteiger partial charge in [-0.1, -0.05) is 19.9 Å². The lowest BCUT2D eigenvalue weighted by Crippen LogP contribution is -2.32. The number of likely N-dealkylation sites (N-methyl/N-ethyl adjacent to an activating group) is 1. The van der Waals surface area contributed by atoms with E-state index in [2.05, 4.69) is 24.3 Å². The lowest BCUT2D eigenvalue weighted by molar-refractivity contribution is 0.0949. The Morgan fingerprint density at radius 1 is 1.36 bits per heavy atom. The highest BCUT2D eigenvalue weighted by Crippen LogP contribution is 2.21. The Hall–Kier alpha value is -2.21. The number of carbonyl (C=O) groups is 1. The van der Waals surface area contributed by atoms with Gasteiger partial charge in [-0.3, -0.25) is 4.79 Å². The number of carbonyl (C=O) groups excluding carboxylic acids is 1. The van der Waals surface area contributed by atoms with E-state index in [0.717, 1.165) is 17.9 Å². The second-order valence-electron chi connectivity index (χ2n) is 6.96. The first kappa shape index (κ1) is 19.1. The van der Waals surface area contributed by atoms with Crippen LogP contribution in [0.25, 0.3) is 5.69 Å². The maximum atomic E-state index is 13.6. The molecule has 0 aliphatic heterocycles. The Balaban J connectivity index is 2.37. The third kappa shape index (κ3) is 4.89. The van der Waals surface area contributed by atoms with E-state index >= 15 is 0 Å². The van der Waals surface area contributed by atoms with Gasteiger partial charge in [0.15, 0.2) is 0 Å². The van der Waals surface area contributed by atoms with E-state index in [0.29, 0.717) is 30.1 Å². The summed E-state index contributed by atoms with van der Waals surface area (Å²) in [5.41, 5.74) is 2.69. The second-order valence-corrected chi connectivity index (χ2v) is 6.96. The van der Waals surface area contributed by atoms with Crippen LogP contribution in [0, 0.1) is 18.7 Å². The Morgan fingerprint density at radius 3 is 2.68 bits per heavy atom. The van der Waals surface area contributed by atoms with Crippen molar-refractivity contribution in [3.63, 3.8) is 0 Å². The highest BCUT2D eigenvalue weighted by Gasteiger charge is 2.22. The smallest absolute Gasteiger partial charge is 0.255 e. The van der Waals surface area contributed by atoms with E-state index in [-0.39, 0.29) is 11.7 Å². The third-order valence-corrected chi connectivity index (χ3v) is 3.91.